The average Bonchev–Trinajstić information content (AvgIpc) is 2.72. The molecule has 3 aromatic rings. The van der Waals surface area contributed by atoms with Gasteiger partial charge in [-0.15, -0.1) is 0 Å². The molecule has 1 N–H and O–H groups in total. The van der Waals surface area contributed by atoms with Crippen molar-refractivity contribution in [2.45, 2.75) is 19.5 Å². The lowest BCUT2D eigenvalue weighted by molar-refractivity contribution is 0.0945. The molecule has 26 heavy (non-hydrogen) atoms. The first-order chi connectivity index (χ1) is 12.8. The average molecular weight is 344 g/mol. The molecule has 2 aromatic heterocycles. The van der Waals surface area contributed by atoms with E-state index in [-0.39, 0.29) is 5.91 Å². The topological polar surface area (TPSA) is 58.1 Å². The van der Waals surface area contributed by atoms with Gasteiger partial charge < -0.3 is 10.2 Å². The van der Waals surface area contributed by atoms with E-state index in [9.17, 15) is 4.79 Å². The zero-order valence-electron chi connectivity index (χ0n) is 14.4. The van der Waals surface area contributed by atoms with Gasteiger partial charge >= 0.3 is 0 Å². The van der Waals surface area contributed by atoms with Gasteiger partial charge in [-0.1, -0.05) is 36.4 Å². The largest absolute Gasteiger partial charge is 0.352 e. The highest BCUT2D eigenvalue weighted by Crippen LogP contribution is 2.23. The van der Waals surface area contributed by atoms with Crippen LogP contribution >= 0.6 is 0 Å². The van der Waals surface area contributed by atoms with Crippen molar-refractivity contribution in [3.05, 3.63) is 89.4 Å². The van der Waals surface area contributed by atoms with Crippen molar-refractivity contribution in [1.82, 2.24) is 15.3 Å². The van der Waals surface area contributed by atoms with Gasteiger partial charge in [0, 0.05) is 19.3 Å². The van der Waals surface area contributed by atoms with Crippen LogP contribution in [-0.4, -0.2) is 22.4 Å². The number of nitrogens with zero attached hydrogens (tertiary/aromatic N) is 3. The van der Waals surface area contributed by atoms with E-state index in [1.165, 1.54) is 11.1 Å². The van der Waals surface area contributed by atoms with Gasteiger partial charge in [-0.05, 0) is 41.8 Å². The van der Waals surface area contributed by atoms with Gasteiger partial charge in [-0.25, -0.2) is 4.98 Å². The highest BCUT2D eigenvalue weighted by atomic mass is 16.1. The lowest BCUT2D eigenvalue weighted by Crippen LogP contribution is -2.32. The van der Waals surface area contributed by atoms with Crippen molar-refractivity contribution in [3.8, 4) is 0 Å². The van der Waals surface area contributed by atoms with Crippen LogP contribution in [0.3, 0.4) is 0 Å². The maximum Gasteiger partial charge on any atom is 0.270 e. The Hall–Kier alpha value is -3.21. The Kier molecular flexibility index (Phi) is 4.60. The summed E-state index contributed by atoms with van der Waals surface area (Å²) in [5, 5.41) is 2.88. The molecule has 0 spiro atoms. The summed E-state index contributed by atoms with van der Waals surface area (Å²) in [6.45, 7) is 2.12. The molecule has 0 bridgehead atoms. The second-order valence-corrected chi connectivity index (χ2v) is 6.33. The van der Waals surface area contributed by atoms with Crippen LogP contribution < -0.4 is 10.2 Å². The van der Waals surface area contributed by atoms with E-state index in [1.54, 1.807) is 12.3 Å². The second kappa shape index (κ2) is 7.35. The van der Waals surface area contributed by atoms with E-state index < -0.39 is 0 Å². The highest BCUT2D eigenvalue weighted by Gasteiger charge is 2.18. The second-order valence-electron chi connectivity index (χ2n) is 6.33. The van der Waals surface area contributed by atoms with Gasteiger partial charge in [0.1, 0.15) is 11.5 Å². The maximum absolute atomic E-state index is 12.4. The molecule has 1 aliphatic heterocycles. The SMILES string of the molecule is O=C(NCc1ccccn1)c1cccc(N2CCc3ccccc3C2)n1. The lowest BCUT2D eigenvalue weighted by atomic mass is 10.00. The van der Waals surface area contributed by atoms with Crippen LogP contribution in [0.25, 0.3) is 0 Å². The van der Waals surface area contributed by atoms with E-state index in [2.05, 4.69) is 44.5 Å². The Labute approximate surface area is 152 Å². The van der Waals surface area contributed by atoms with E-state index in [0.29, 0.717) is 12.2 Å². The molecule has 0 aliphatic carbocycles. The quantitative estimate of drug-likeness (QED) is 0.790. The van der Waals surface area contributed by atoms with Gasteiger partial charge in [0.2, 0.25) is 0 Å². The van der Waals surface area contributed by atoms with Crippen molar-refractivity contribution < 1.29 is 4.79 Å². The molecule has 1 amide bonds. The molecule has 1 aliphatic rings. The number of fused-ring (bicyclic) bond motifs is 1. The van der Waals surface area contributed by atoms with Gasteiger partial charge in [0.05, 0.1) is 12.2 Å². The summed E-state index contributed by atoms with van der Waals surface area (Å²) in [6.07, 6.45) is 2.71. The summed E-state index contributed by atoms with van der Waals surface area (Å²) in [4.78, 5) is 23.4. The molecule has 0 unspecified atom stereocenters. The number of benzene rings is 1. The minimum atomic E-state index is -0.185. The van der Waals surface area contributed by atoms with Crippen molar-refractivity contribution in [2.24, 2.45) is 0 Å². The third-order valence-electron chi connectivity index (χ3n) is 4.58. The van der Waals surface area contributed by atoms with Crippen LogP contribution in [0.4, 0.5) is 5.82 Å². The number of hydrogen-bond acceptors (Lipinski definition) is 4. The third-order valence-corrected chi connectivity index (χ3v) is 4.58. The van der Waals surface area contributed by atoms with Gasteiger partial charge in [-0.3, -0.25) is 9.78 Å². The molecule has 0 saturated heterocycles. The first-order valence-electron chi connectivity index (χ1n) is 8.76. The Morgan fingerprint density at radius 2 is 1.85 bits per heavy atom. The van der Waals surface area contributed by atoms with Crippen molar-refractivity contribution in [3.63, 3.8) is 0 Å². The fourth-order valence-corrected chi connectivity index (χ4v) is 3.18. The monoisotopic (exact) mass is 344 g/mol. The first-order valence-corrected chi connectivity index (χ1v) is 8.76. The minimum absolute atomic E-state index is 0.185. The Bertz CT molecular complexity index is 911. The molecule has 4 rings (SSSR count). The van der Waals surface area contributed by atoms with Crippen molar-refractivity contribution in [1.29, 1.82) is 0 Å². The molecule has 5 nitrogen and oxygen atoms in total. The smallest absolute Gasteiger partial charge is 0.270 e. The predicted octanol–water partition coefficient (Wildman–Crippen LogP) is 2.97. The van der Waals surface area contributed by atoms with Gasteiger partial charge in [0.15, 0.2) is 0 Å². The number of hydrogen-bond donors (Lipinski definition) is 1. The lowest BCUT2D eigenvalue weighted by Gasteiger charge is -2.29. The molecule has 0 saturated carbocycles. The third kappa shape index (κ3) is 3.57. The summed E-state index contributed by atoms with van der Waals surface area (Å²) >= 11 is 0. The van der Waals surface area contributed by atoms with Crippen LogP contribution in [0, 0.1) is 0 Å². The molecule has 3 heterocycles. The van der Waals surface area contributed by atoms with E-state index in [0.717, 1.165) is 31.0 Å². The zero-order valence-corrected chi connectivity index (χ0v) is 14.4. The Morgan fingerprint density at radius 1 is 1.00 bits per heavy atom. The van der Waals surface area contributed by atoms with Crippen LogP contribution in [0.15, 0.2) is 66.9 Å². The summed E-state index contributed by atoms with van der Waals surface area (Å²) < 4.78 is 0. The fraction of sp³-hybridized carbons (Fsp3) is 0.190. The summed E-state index contributed by atoms with van der Waals surface area (Å²) in [7, 11) is 0. The molecule has 0 radical (unpaired) electrons. The normalized spacial score (nSPS) is 13.2. The zero-order chi connectivity index (χ0) is 17.8. The number of aromatic nitrogens is 2. The summed E-state index contributed by atoms with van der Waals surface area (Å²) in [5.41, 5.74) is 3.97. The summed E-state index contributed by atoms with van der Waals surface area (Å²) in [5.74, 6) is 0.653. The van der Waals surface area contributed by atoms with Gasteiger partial charge in [-0.2, -0.15) is 0 Å². The number of amides is 1. The predicted molar refractivity (Wildman–Crippen MR) is 101 cm³/mol. The van der Waals surface area contributed by atoms with Crippen LogP contribution in [0.5, 0.6) is 0 Å². The number of carbonyl (C=O) groups excluding carboxylic acids is 1. The van der Waals surface area contributed by atoms with Crippen molar-refractivity contribution >= 4 is 11.7 Å². The minimum Gasteiger partial charge on any atom is -0.352 e. The molecular formula is C21H20N4O. The van der Waals surface area contributed by atoms with Crippen LogP contribution in [-0.2, 0) is 19.5 Å². The first kappa shape index (κ1) is 16.3. The van der Waals surface area contributed by atoms with Gasteiger partial charge in [0.25, 0.3) is 5.91 Å². The maximum atomic E-state index is 12.4. The number of rotatable bonds is 4. The number of anilines is 1. The van der Waals surface area contributed by atoms with Crippen LogP contribution in [0.1, 0.15) is 27.3 Å². The Balaban J connectivity index is 1.46. The molecular weight excluding hydrogens is 324 g/mol. The van der Waals surface area contributed by atoms with E-state index in [4.69, 9.17) is 0 Å². The summed E-state index contributed by atoms with van der Waals surface area (Å²) in [6, 6.07) is 19.7. The standard InChI is InChI=1S/C21H20N4O/c26-21(23-14-18-8-3-4-12-22-18)19-9-5-10-20(24-19)25-13-11-16-6-1-2-7-17(16)15-25/h1-10,12H,11,13-15H2,(H,23,26). The van der Waals surface area contributed by atoms with Crippen molar-refractivity contribution in [2.75, 3.05) is 11.4 Å². The van der Waals surface area contributed by atoms with Crippen LogP contribution in [0.2, 0.25) is 0 Å². The molecule has 5 heteroatoms. The van der Waals surface area contributed by atoms with E-state index in [1.807, 2.05) is 30.3 Å². The molecule has 0 atom stereocenters. The Morgan fingerprint density at radius 3 is 2.69 bits per heavy atom. The van der Waals surface area contributed by atoms with E-state index >= 15 is 0 Å². The molecule has 0 fully saturated rings. The molecule has 1 aromatic carbocycles. The highest BCUT2D eigenvalue weighted by molar-refractivity contribution is 5.92. The molecule has 130 valence electrons. The number of carbonyl (C=O) groups is 1. The number of nitrogens with one attached hydrogen (secondary N) is 1. The number of pyridine rings is 2. The fourth-order valence-electron chi connectivity index (χ4n) is 3.18.